The van der Waals surface area contributed by atoms with Crippen LogP contribution in [0.3, 0.4) is 0 Å². The minimum Gasteiger partial charge on any atom is -0.350 e. The van der Waals surface area contributed by atoms with Crippen LogP contribution in [0.4, 0.5) is 0 Å². The Morgan fingerprint density at radius 1 is 1.10 bits per heavy atom. The largest absolute Gasteiger partial charge is 0.352 e. The molecule has 1 aromatic heterocycles. The smallest absolute Gasteiger partial charge is 0.350 e. The summed E-state index contributed by atoms with van der Waals surface area (Å²) in [6.45, 7) is 6.20. The molecule has 8 heteroatoms. The highest BCUT2D eigenvalue weighted by atomic mass is 35.5. The Labute approximate surface area is 178 Å². The highest BCUT2D eigenvalue weighted by Gasteiger charge is 2.21. The van der Waals surface area contributed by atoms with Crippen molar-refractivity contribution in [1.82, 2.24) is 19.7 Å². The van der Waals surface area contributed by atoms with E-state index in [-0.39, 0.29) is 18.2 Å². The molecule has 3 rings (SSSR count). The molecule has 2 aromatic carbocycles. The molecule has 0 radical (unpaired) electrons. The van der Waals surface area contributed by atoms with Gasteiger partial charge in [0.15, 0.2) is 0 Å². The quantitative estimate of drug-likeness (QED) is 0.656. The summed E-state index contributed by atoms with van der Waals surface area (Å²) in [5.74, 6) is -0.416. The zero-order chi connectivity index (χ0) is 21.8. The first-order valence-corrected chi connectivity index (χ1v) is 9.98. The Balaban J connectivity index is 2.17. The molecule has 0 aliphatic heterocycles. The van der Waals surface area contributed by atoms with Gasteiger partial charge < -0.3 is 5.32 Å². The Kier molecular flexibility index (Phi) is 6.52. The van der Waals surface area contributed by atoms with Gasteiger partial charge in [0, 0.05) is 11.6 Å². The highest BCUT2D eigenvalue weighted by molar-refractivity contribution is 6.30. The first kappa shape index (κ1) is 21.5. The zero-order valence-corrected chi connectivity index (χ0v) is 17.8. The van der Waals surface area contributed by atoms with Gasteiger partial charge in [0.05, 0.1) is 12.2 Å². The Morgan fingerprint density at radius 3 is 2.40 bits per heavy atom. The van der Waals surface area contributed by atoms with Crippen LogP contribution >= 0.6 is 11.6 Å². The average Bonchev–Trinajstić information content (AvgIpc) is 2.71. The number of nitrogens with zero attached hydrogens (tertiary/aromatic N) is 3. The predicted molar refractivity (Wildman–Crippen MR) is 117 cm³/mol. The molecule has 1 amide bonds. The second-order valence-corrected chi connectivity index (χ2v) is 7.88. The van der Waals surface area contributed by atoms with E-state index in [0.717, 1.165) is 20.4 Å². The average molecular weight is 427 g/mol. The summed E-state index contributed by atoms with van der Waals surface area (Å²) < 4.78 is 2.09. The number of carbonyl (C=O) groups is 1. The molecule has 0 fully saturated rings. The topological polar surface area (TPSA) is 86.0 Å². The van der Waals surface area contributed by atoms with E-state index in [1.807, 2.05) is 45.0 Å². The monoisotopic (exact) mass is 426 g/mol. The van der Waals surface area contributed by atoms with Crippen molar-refractivity contribution in [3.05, 3.63) is 91.2 Å². The van der Waals surface area contributed by atoms with Crippen molar-refractivity contribution in [2.24, 2.45) is 5.92 Å². The van der Waals surface area contributed by atoms with Gasteiger partial charge in [-0.15, -0.1) is 0 Å². The summed E-state index contributed by atoms with van der Waals surface area (Å²) in [6, 6.07) is 13.9. The van der Waals surface area contributed by atoms with Crippen molar-refractivity contribution in [2.75, 3.05) is 6.54 Å². The number of carbonyl (C=O) groups excluding carboxylic acids is 1. The first-order valence-electron chi connectivity index (χ1n) is 9.60. The summed E-state index contributed by atoms with van der Waals surface area (Å²) in [6.07, 6.45) is 0. The van der Waals surface area contributed by atoms with Gasteiger partial charge in [-0.2, -0.15) is 9.78 Å². The van der Waals surface area contributed by atoms with Crippen molar-refractivity contribution in [3.8, 4) is 5.69 Å². The van der Waals surface area contributed by atoms with E-state index in [4.69, 9.17) is 11.6 Å². The van der Waals surface area contributed by atoms with Crippen LogP contribution in [0.2, 0.25) is 5.02 Å². The van der Waals surface area contributed by atoms with Gasteiger partial charge >= 0.3 is 5.69 Å². The maximum atomic E-state index is 13.1. The van der Waals surface area contributed by atoms with Crippen molar-refractivity contribution < 1.29 is 4.79 Å². The molecule has 1 N–H and O–H groups in total. The van der Waals surface area contributed by atoms with E-state index in [9.17, 15) is 14.4 Å². The molecule has 30 heavy (non-hydrogen) atoms. The molecule has 0 atom stereocenters. The van der Waals surface area contributed by atoms with E-state index in [2.05, 4.69) is 10.4 Å². The van der Waals surface area contributed by atoms with Gasteiger partial charge in [-0.05, 0) is 48.2 Å². The lowest BCUT2D eigenvalue weighted by Crippen LogP contribution is -2.46. The molecule has 0 saturated carbocycles. The number of benzene rings is 2. The van der Waals surface area contributed by atoms with E-state index in [1.165, 1.54) is 0 Å². The molecular formula is C22H23ClN4O3. The molecule has 0 bridgehead atoms. The Bertz CT molecular complexity index is 1180. The molecule has 7 nitrogen and oxygen atoms in total. The van der Waals surface area contributed by atoms with Gasteiger partial charge in [-0.25, -0.2) is 4.79 Å². The van der Waals surface area contributed by atoms with Gasteiger partial charge in [-0.3, -0.25) is 14.2 Å². The van der Waals surface area contributed by atoms with Crippen LogP contribution in [-0.4, -0.2) is 26.8 Å². The van der Waals surface area contributed by atoms with Crippen molar-refractivity contribution in [3.63, 3.8) is 0 Å². The van der Waals surface area contributed by atoms with Crippen molar-refractivity contribution in [1.29, 1.82) is 0 Å². The van der Waals surface area contributed by atoms with Crippen LogP contribution in [0.5, 0.6) is 0 Å². The fraction of sp³-hybridized carbons (Fsp3) is 0.273. The highest BCUT2D eigenvalue weighted by Crippen LogP contribution is 2.12. The van der Waals surface area contributed by atoms with Crippen LogP contribution in [0.15, 0.2) is 58.1 Å². The molecule has 0 unspecified atom stereocenters. The Hall–Kier alpha value is -3.19. The maximum Gasteiger partial charge on any atom is 0.352 e. The fourth-order valence-electron chi connectivity index (χ4n) is 2.89. The summed E-state index contributed by atoms with van der Waals surface area (Å²) >= 11 is 5.95. The molecule has 3 aromatic rings. The van der Waals surface area contributed by atoms with E-state index in [0.29, 0.717) is 17.3 Å². The lowest BCUT2D eigenvalue weighted by atomic mass is 10.1. The molecule has 0 saturated heterocycles. The second kappa shape index (κ2) is 9.09. The minimum absolute atomic E-state index is 0.0326. The zero-order valence-electron chi connectivity index (χ0n) is 17.1. The van der Waals surface area contributed by atoms with Gasteiger partial charge in [0.25, 0.3) is 11.5 Å². The van der Waals surface area contributed by atoms with Crippen LogP contribution in [-0.2, 0) is 6.54 Å². The number of amides is 1. The third-order valence-electron chi connectivity index (χ3n) is 4.61. The lowest BCUT2D eigenvalue weighted by Gasteiger charge is -2.14. The summed E-state index contributed by atoms with van der Waals surface area (Å²) in [4.78, 5) is 38.8. The lowest BCUT2D eigenvalue weighted by molar-refractivity contribution is 0.0939. The Morgan fingerprint density at radius 2 is 1.77 bits per heavy atom. The standard InChI is InChI=1S/C22H23ClN4O3/c1-14(2)12-24-20(28)19-21(29)26(13-16-7-5-4-6-15(16)3)22(30)27(25-19)18-10-8-17(23)9-11-18/h4-11,14H,12-13H2,1-3H3,(H,24,28). The predicted octanol–water partition coefficient (Wildman–Crippen LogP) is 2.79. The van der Waals surface area contributed by atoms with E-state index in [1.54, 1.807) is 24.3 Å². The number of rotatable bonds is 6. The van der Waals surface area contributed by atoms with Crippen LogP contribution < -0.4 is 16.6 Å². The molecule has 0 aliphatic carbocycles. The van der Waals surface area contributed by atoms with Crippen LogP contribution in [0.1, 0.15) is 35.5 Å². The van der Waals surface area contributed by atoms with Gasteiger partial charge in [-0.1, -0.05) is 49.7 Å². The fourth-order valence-corrected chi connectivity index (χ4v) is 3.01. The number of aryl methyl sites for hydroxylation is 1. The number of hydrogen-bond donors (Lipinski definition) is 1. The van der Waals surface area contributed by atoms with Gasteiger partial charge in [0.2, 0.25) is 5.69 Å². The number of nitrogens with one attached hydrogen (secondary N) is 1. The summed E-state index contributed by atoms with van der Waals surface area (Å²) in [5, 5.41) is 7.28. The number of aromatic nitrogens is 3. The molecule has 0 spiro atoms. The number of halogens is 1. The second-order valence-electron chi connectivity index (χ2n) is 7.44. The summed E-state index contributed by atoms with van der Waals surface area (Å²) in [5.41, 5.74) is 0.448. The molecule has 0 aliphatic rings. The van der Waals surface area contributed by atoms with E-state index >= 15 is 0 Å². The molecular weight excluding hydrogens is 404 g/mol. The molecule has 156 valence electrons. The maximum absolute atomic E-state index is 13.1. The summed E-state index contributed by atoms with van der Waals surface area (Å²) in [7, 11) is 0. The third-order valence-corrected chi connectivity index (χ3v) is 4.86. The third kappa shape index (κ3) is 4.68. The van der Waals surface area contributed by atoms with Gasteiger partial charge in [0.1, 0.15) is 0 Å². The van der Waals surface area contributed by atoms with Crippen molar-refractivity contribution >= 4 is 17.5 Å². The molecule has 1 heterocycles. The van der Waals surface area contributed by atoms with E-state index < -0.39 is 17.2 Å². The van der Waals surface area contributed by atoms with Crippen molar-refractivity contribution in [2.45, 2.75) is 27.3 Å². The number of hydrogen-bond acceptors (Lipinski definition) is 4. The SMILES string of the molecule is Cc1ccccc1Cn1c(=O)c(C(=O)NCC(C)C)nn(-c2ccc(Cl)cc2)c1=O. The van der Waals surface area contributed by atoms with Crippen LogP contribution in [0.25, 0.3) is 5.69 Å². The first-order chi connectivity index (χ1) is 14.3. The van der Waals surface area contributed by atoms with Crippen LogP contribution in [0, 0.1) is 12.8 Å². The normalized spacial score (nSPS) is 11.0. The minimum atomic E-state index is -0.727.